The van der Waals surface area contributed by atoms with E-state index in [2.05, 4.69) is 4.98 Å². The SMILES string of the molecule is Cc1[nH]c2ccc(F)cc2c1CC(=O)N1CCO[C@H]2CCC[C@H]21. The quantitative estimate of drug-likeness (QED) is 0.926. The molecule has 1 aromatic carbocycles. The molecule has 23 heavy (non-hydrogen) atoms. The van der Waals surface area contributed by atoms with Gasteiger partial charge in [0.2, 0.25) is 5.91 Å². The van der Waals surface area contributed by atoms with Gasteiger partial charge >= 0.3 is 0 Å². The number of benzene rings is 1. The summed E-state index contributed by atoms with van der Waals surface area (Å²) in [6, 6.07) is 4.90. The number of halogens is 1. The van der Waals surface area contributed by atoms with Gasteiger partial charge in [0.05, 0.1) is 25.2 Å². The minimum Gasteiger partial charge on any atom is -0.374 e. The molecule has 1 N–H and O–H groups in total. The first-order chi connectivity index (χ1) is 11.1. The van der Waals surface area contributed by atoms with Gasteiger partial charge in [-0.1, -0.05) is 0 Å². The molecule has 1 saturated carbocycles. The molecule has 0 radical (unpaired) electrons. The summed E-state index contributed by atoms with van der Waals surface area (Å²) in [5, 5.41) is 0.812. The molecule has 2 atom stereocenters. The number of aromatic nitrogens is 1. The first kappa shape index (κ1) is 14.7. The van der Waals surface area contributed by atoms with Crippen molar-refractivity contribution < 1.29 is 13.9 Å². The Morgan fingerprint density at radius 3 is 3.17 bits per heavy atom. The fraction of sp³-hybridized carbons (Fsp3) is 0.500. The predicted octanol–water partition coefficient (Wildman–Crippen LogP) is 2.94. The van der Waals surface area contributed by atoms with Crippen LogP contribution in [0.15, 0.2) is 18.2 Å². The molecule has 2 aliphatic rings. The molecule has 2 fully saturated rings. The van der Waals surface area contributed by atoms with Gasteiger partial charge < -0.3 is 14.6 Å². The van der Waals surface area contributed by atoms with Crippen LogP contribution in [0.2, 0.25) is 0 Å². The monoisotopic (exact) mass is 316 g/mol. The van der Waals surface area contributed by atoms with Crippen molar-refractivity contribution in [3.8, 4) is 0 Å². The van der Waals surface area contributed by atoms with E-state index < -0.39 is 0 Å². The lowest BCUT2D eigenvalue weighted by molar-refractivity contribution is -0.143. The average molecular weight is 316 g/mol. The van der Waals surface area contributed by atoms with Crippen LogP contribution in [0, 0.1) is 12.7 Å². The molecule has 2 aromatic rings. The Morgan fingerprint density at radius 2 is 2.30 bits per heavy atom. The van der Waals surface area contributed by atoms with Crippen molar-refractivity contribution in [1.29, 1.82) is 0 Å². The zero-order valence-corrected chi connectivity index (χ0v) is 13.3. The number of fused-ring (bicyclic) bond motifs is 2. The molecule has 1 aliphatic carbocycles. The van der Waals surface area contributed by atoms with Crippen molar-refractivity contribution in [2.24, 2.45) is 0 Å². The lowest BCUT2D eigenvalue weighted by atomic mass is 10.0. The van der Waals surface area contributed by atoms with Crippen LogP contribution >= 0.6 is 0 Å². The summed E-state index contributed by atoms with van der Waals surface area (Å²) in [5.74, 6) is -0.147. The molecule has 1 saturated heterocycles. The zero-order chi connectivity index (χ0) is 16.0. The molecule has 5 heteroatoms. The Bertz CT molecular complexity index is 755. The van der Waals surface area contributed by atoms with E-state index in [9.17, 15) is 9.18 Å². The first-order valence-electron chi connectivity index (χ1n) is 8.31. The number of morpholine rings is 1. The lowest BCUT2D eigenvalue weighted by Crippen LogP contribution is -2.51. The van der Waals surface area contributed by atoms with E-state index in [-0.39, 0.29) is 23.9 Å². The number of ether oxygens (including phenoxy) is 1. The Labute approximate surface area is 134 Å². The van der Waals surface area contributed by atoms with E-state index in [4.69, 9.17) is 4.74 Å². The fourth-order valence-corrected chi connectivity index (χ4v) is 4.07. The molecule has 2 heterocycles. The highest BCUT2D eigenvalue weighted by Crippen LogP contribution is 2.31. The van der Waals surface area contributed by atoms with E-state index in [1.807, 2.05) is 11.8 Å². The minimum atomic E-state index is -0.271. The fourth-order valence-electron chi connectivity index (χ4n) is 4.07. The van der Waals surface area contributed by atoms with Crippen LogP contribution < -0.4 is 0 Å². The molecule has 0 bridgehead atoms. The molecular weight excluding hydrogens is 295 g/mol. The van der Waals surface area contributed by atoms with Crippen LogP contribution in [0.25, 0.3) is 10.9 Å². The van der Waals surface area contributed by atoms with Crippen LogP contribution in [0.4, 0.5) is 4.39 Å². The molecule has 1 aliphatic heterocycles. The normalized spacial score (nSPS) is 24.2. The van der Waals surface area contributed by atoms with E-state index >= 15 is 0 Å². The second-order valence-electron chi connectivity index (χ2n) is 6.59. The van der Waals surface area contributed by atoms with Gasteiger partial charge in [-0.25, -0.2) is 4.39 Å². The second-order valence-corrected chi connectivity index (χ2v) is 6.59. The Kier molecular flexibility index (Phi) is 3.60. The molecule has 1 amide bonds. The maximum atomic E-state index is 13.6. The molecule has 0 spiro atoms. The maximum absolute atomic E-state index is 13.6. The van der Waals surface area contributed by atoms with Crippen molar-refractivity contribution in [2.75, 3.05) is 13.2 Å². The van der Waals surface area contributed by atoms with Crippen molar-refractivity contribution in [3.05, 3.63) is 35.3 Å². The van der Waals surface area contributed by atoms with Crippen molar-refractivity contribution in [2.45, 2.75) is 44.8 Å². The van der Waals surface area contributed by atoms with Crippen LogP contribution in [0.1, 0.15) is 30.5 Å². The van der Waals surface area contributed by atoms with Crippen LogP contribution in [0.5, 0.6) is 0 Å². The largest absolute Gasteiger partial charge is 0.374 e. The summed E-state index contributed by atoms with van der Waals surface area (Å²) in [6.45, 7) is 3.22. The third kappa shape index (κ3) is 2.53. The number of aromatic amines is 1. The van der Waals surface area contributed by atoms with Gasteiger partial charge in [0.15, 0.2) is 0 Å². The number of nitrogens with one attached hydrogen (secondary N) is 1. The first-order valence-corrected chi connectivity index (χ1v) is 8.31. The second kappa shape index (κ2) is 5.64. The smallest absolute Gasteiger partial charge is 0.227 e. The number of rotatable bonds is 2. The van der Waals surface area contributed by atoms with Crippen molar-refractivity contribution in [1.82, 2.24) is 9.88 Å². The standard InChI is InChI=1S/C18H21FN2O2/c1-11-13(14-9-12(19)5-6-15(14)20-11)10-18(22)21-7-8-23-17-4-2-3-16(17)21/h5-6,9,16-17,20H,2-4,7-8,10H2,1H3/t16-,17+/m1/s1. The highest BCUT2D eigenvalue weighted by molar-refractivity contribution is 5.90. The number of hydrogen-bond acceptors (Lipinski definition) is 2. The van der Waals surface area contributed by atoms with Crippen LogP contribution in [-0.4, -0.2) is 41.1 Å². The molecule has 0 unspecified atom stereocenters. The summed E-state index contributed by atoms with van der Waals surface area (Å²) in [4.78, 5) is 18.1. The van der Waals surface area contributed by atoms with Gasteiger partial charge in [-0.15, -0.1) is 0 Å². The average Bonchev–Trinajstić information content (AvgIpc) is 3.12. The highest BCUT2D eigenvalue weighted by atomic mass is 19.1. The Hall–Kier alpha value is -1.88. The summed E-state index contributed by atoms with van der Waals surface area (Å²) in [6.07, 6.45) is 3.72. The molecular formula is C18H21FN2O2. The van der Waals surface area contributed by atoms with E-state index in [1.54, 1.807) is 6.07 Å². The number of carbonyl (C=O) groups excluding carboxylic acids is 1. The molecule has 4 nitrogen and oxygen atoms in total. The maximum Gasteiger partial charge on any atom is 0.227 e. The highest BCUT2D eigenvalue weighted by Gasteiger charge is 2.38. The topological polar surface area (TPSA) is 45.3 Å². The summed E-state index contributed by atoms with van der Waals surface area (Å²) < 4.78 is 19.3. The van der Waals surface area contributed by atoms with Crippen LogP contribution in [-0.2, 0) is 16.0 Å². The molecule has 4 rings (SSSR count). The lowest BCUT2D eigenvalue weighted by Gasteiger charge is -2.37. The third-order valence-corrected chi connectivity index (χ3v) is 5.21. The minimum absolute atomic E-state index is 0.124. The summed E-state index contributed by atoms with van der Waals surface area (Å²) >= 11 is 0. The van der Waals surface area contributed by atoms with Gasteiger partial charge in [-0.3, -0.25) is 4.79 Å². The van der Waals surface area contributed by atoms with E-state index in [0.29, 0.717) is 19.6 Å². The number of aryl methyl sites for hydroxylation is 1. The zero-order valence-electron chi connectivity index (χ0n) is 13.3. The Balaban J connectivity index is 1.61. The van der Waals surface area contributed by atoms with Gasteiger partial charge in [-0.2, -0.15) is 0 Å². The Morgan fingerprint density at radius 1 is 1.43 bits per heavy atom. The molecule has 1 aromatic heterocycles. The van der Waals surface area contributed by atoms with E-state index in [1.165, 1.54) is 12.1 Å². The third-order valence-electron chi connectivity index (χ3n) is 5.21. The summed E-state index contributed by atoms with van der Waals surface area (Å²) in [7, 11) is 0. The number of carbonyl (C=O) groups is 1. The number of amides is 1. The van der Waals surface area contributed by atoms with Gasteiger partial charge in [0.25, 0.3) is 0 Å². The predicted molar refractivity (Wildman–Crippen MR) is 85.8 cm³/mol. The van der Waals surface area contributed by atoms with Crippen molar-refractivity contribution >= 4 is 16.8 Å². The van der Waals surface area contributed by atoms with Gasteiger partial charge in [0, 0.05) is 23.1 Å². The van der Waals surface area contributed by atoms with Crippen LogP contribution in [0.3, 0.4) is 0 Å². The van der Waals surface area contributed by atoms with E-state index in [0.717, 1.165) is 41.4 Å². The molecule has 122 valence electrons. The number of H-pyrrole nitrogens is 1. The van der Waals surface area contributed by atoms with Crippen molar-refractivity contribution in [3.63, 3.8) is 0 Å². The summed E-state index contributed by atoms with van der Waals surface area (Å²) in [5.41, 5.74) is 2.73. The number of nitrogens with zero attached hydrogens (tertiary/aromatic N) is 1. The van der Waals surface area contributed by atoms with Gasteiger partial charge in [-0.05, 0) is 49.9 Å². The van der Waals surface area contributed by atoms with Gasteiger partial charge in [0.1, 0.15) is 5.82 Å². The number of hydrogen-bond donors (Lipinski definition) is 1.